The number of carbonyl (C=O) groups excluding carboxylic acids is 1. The molecule has 0 bridgehead atoms. The molecule has 0 spiro atoms. The van der Waals surface area contributed by atoms with Crippen LogP contribution in [0.5, 0.6) is 0 Å². The summed E-state index contributed by atoms with van der Waals surface area (Å²) in [5.41, 5.74) is 2.00. The van der Waals surface area contributed by atoms with E-state index in [-0.39, 0.29) is 12.1 Å². The third-order valence-corrected chi connectivity index (χ3v) is 4.95. The highest BCUT2D eigenvalue weighted by Crippen LogP contribution is 2.16. The Balaban J connectivity index is 1.69. The van der Waals surface area contributed by atoms with Crippen LogP contribution in [-0.2, 0) is 11.2 Å². The highest BCUT2D eigenvalue weighted by atomic mass is 16.5. The molecule has 134 valence electrons. The molecule has 0 aromatic heterocycles. The summed E-state index contributed by atoms with van der Waals surface area (Å²) in [5.74, 6) is -0.171. The van der Waals surface area contributed by atoms with Crippen LogP contribution in [0.3, 0.4) is 0 Å². The fourth-order valence-electron chi connectivity index (χ4n) is 3.24. The normalized spacial score (nSPS) is 16.2. The van der Waals surface area contributed by atoms with Crippen LogP contribution in [0.4, 0.5) is 0 Å². The standard InChI is InChI=1S/C21H33NO2/c1-3-4-5-6-7-8-9-18-10-12-19(13-11-18)21(23)24-20-14-16-22(2)17-15-20/h10-13,20H,3-9,14-17H2,1-2H3. The van der Waals surface area contributed by atoms with Gasteiger partial charge in [-0.2, -0.15) is 0 Å². The van der Waals surface area contributed by atoms with Crippen LogP contribution in [0.25, 0.3) is 0 Å². The first-order valence-corrected chi connectivity index (χ1v) is 9.67. The van der Waals surface area contributed by atoms with Crippen LogP contribution in [0, 0.1) is 0 Å². The predicted octanol–water partition coefficient (Wildman–Crippen LogP) is 4.84. The molecule has 0 unspecified atom stereocenters. The van der Waals surface area contributed by atoms with Gasteiger partial charge in [-0.25, -0.2) is 4.79 Å². The third-order valence-electron chi connectivity index (χ3n) is 4.95. The quantitative estimate of drug-likeness (QED) is 0.479. The second kappa shape index (κ2) is 10.5. The molecule has 0 aliphatic carbocycles. The van der Waals surface area contributed by atoms with Crippen molar-refractivity contribution in [3.63, 3.8) is 0 Å². The van der Waals surface area contributed by atoms with Gasteiger partial charge < -0.3 is 9.64 Å². The van der Waals surface area contributed by atoms with E-state index in [0.29, 0.717) is 5.56 Å². The van der Waals surface area contributed by atoms with Crippen LogP contribution in [0.1, 0.15) is 74.2 Å². The summed E-state index contributed by atoms with van der Waals surface area (Å²) in [4.78, 5) is 14.5. The first-order valence-electron chi connectivity index (χ1n) is 9.67. The Bertz CT molecular complexity index is 475. The number of esters is 1. The zero-order chi connectivity index (χ0) is 17.2. The minimum atomic E-state index is -0.171. The summed E-state index contributed by atoms with van der Waals surface area (Å²) < 4.78 is 5.64. The van der Waals surface area contributed by atoms with E-state index < -0.39 is 0 Å². The van der Waals surface area contributed by atoms with Crippen molar-refractivity contribution in [1.29, 1.82) is 0 Å². The van der Waals surface area contributed by atoms with E-state index in [9.17, 15) is 4.79 Å². The van der Waals surface area contributed by atoms with E-state index in [2.05, 4.69) is 31.0 Å². The Labute approximate surface area is 147 Å². The van der Waals surface area contributed by atoms with E-state index in [0.717, 1.165) is 32.4 Å². The second-order valence-corrected chi connectivity index (χ2v) is 7.12. The number of hydrogen-bond acceptors (Lipinski definition) is 3. The van der Waals surface area contributed by atoms with Gasteiger partial charge in [-0.15, -0.1) is 0 Å². The Morgan fingerprint density at radius 3 is 2.33 bits per heavy atom. The van der Waals surface area contributed by atoms with Crippen LogP contribution in [0.2, 0.25) is 0 Å². The molecular weight excluding hydrogens is 298 g/mol. The zero-order valence-electron chi connectivity index (χ0n) is 15.4. The average Bonchev–Trinajstić information content (AvgIpc) is 2.60. The van der Waals surface area contributed by atoms with E-state index in [1.807, 2.05) is 12.1 Å². The van der Waals surface area contributed by atoms with Crippen LogP contribution in [-0.4, -0.2) is 37.1 Å². The molecule has 0 radical (unpaired) electrons. The number of hydrogen-bond donors (Lipinski definition) is 0. The molecule has 1 aromatic carbocycles. The minimum absolute atomic E-state index is 0.0801. The summed E-state index contributed by atoms with van der Waals surface area (Å²) in [6.45, 7) is 4.27. The lowest BCUT2D eigenvalue weighted by molar-refractivity contribution is 0.0139. The number of piperidine rings is 1. The van der Waals surface area contributed by atoms with Crippen molar-refractivity contribution in [2.45, 2.75) is 70.8 Å². The number of rotatable bonds is 9. The topological polar surface area (TPSA) is 29.5 Å². The van der Waals surface area contributed by atoms with Crippen molar-refractivity contribution < 1.29 is 9.53 Å². The molecular formula is C21H33NO2. The van der Waals surface area contributed by atoms with E-state index in [4.69, 9.17) is 4.74 Å². The number of benzene rings is 1. The lowest BCUT2D eigenvalue weighted by Crippen LogP contribution is -2.35. The van der Waals surface area contributed by atoms with Gasteiger partial charge in [0.15, 0.2) is 0 Å². The fourth-order valence-corrected chi connectivity index (χ4v) is 3.24. The monoisotopic (exact) mass is 331 g/mol. The summed E-state index contributed by atoms with van der Waals surface area (Å²) in [7, 11) is 2.11. The molecule has 1 fully saturated rings. The maximum atomic E-state index is 12.2. The van der Waals surface area contributed by atoms with Gasteiger partial charge in [-0.1, -0.05) is 51.2 Å². The molecule has 1 saturated heterocycles. The largest absolute Gasteiger partial charge is 0.459 e. The molecule has 1 aromatic rings. The summed E-state index contributed by atoms with van der Waals surface area (Å²) in [6.07, 6.45) is 11.0. The number of unbranched alkanes of at least 4 members (excludes halogenated alkanes) is 5. The number of nitrogens with zero attached hydrogens (tertiary/aromatic N) is 1. The van der Waals surface area contributed by atoms with Crippen molar-refractivity contribution in [3.05, 3.63) is 35.4 Å². The van der Waals surface area contributed by atoms with Crippen LogP contribution >= 0.6 is 0 Å². The lowest BCUT2D eigenvalue weighted by atomic mass is 10.0. The van der Waals surface area contributed by atoms with Crippen molar-refractivity contribution in [3.8, 4) is 0 Å². The minimum Gasteiger partial charge on any atom is -0.459 e. The SMILES string of the molecule is CCCCCCCCc1ccc(C(=O)OC2CCN(C)CC2)cc1. The predicted molar refractivity (Wildman–Crippen MR) is 99.5 cm³/mol. The fraction of sp³-hybridized carbons (Fsp3) is 0.667. The van der Waals surface area contributed by atoms with Crippen molar-refractivity contribution in [1.82, 2.24) is 4.90 Å². The number of aryl methyl sites for hydroxylation is 1. The molecule has 0 atom stereocenters. The van der Waals surface area contributed by atoms with Gasteiger partial charge in [0.05, 0.1) is 5.56 Å². The Kier molecular flexibility index (Phi) is 8.31. The third kappa shape index (κ3) is 6.64. The number of ether oxygens (including phenoxy) is 1. The van der Waals surface area contributed by atoms with Gasteiger partial charge >= 0.3 is 5.97 Å². The Morgan fingerprint density at radius 2 is 1.67 bits per heavy atom. The molecule has 0 N–H and O–H groups in total. The van der Waals surface area contributed by atoms with Crippen LogP contribution < -0.4 is 0 Å². The van der Waals surface area contributed by atoms with Crippen molar-refractivity contribution >= 4 is 5.97 Å². The second-order valence-electron chi connectivity index (χ2n) is 7.12. The molecule has 3 nitrogen and oxygen atoms in total. The van der Waals surface area contributed by atoms with E-state index in [1.54, 1.807) is 0 Å². The zero-order valence-corrected chi connectivity index (χ0v) is 15.4. The summed E-state index contributed by atoms with van der Waals surface area (Å²) in [5, 5.41) is 0. The molecule has 2 rings (SSSR count). The highest BCUT2D eigenvalue weighted by molar-refractivity contribution is 5.89. The van der Waals surface area contributed by atoms with Crippen molar-refractivity contribution in [2.75, 3.05) is 20.1 Å². The highest BCUT2D eigenvalue weighted by Gasteiger charge is 2.20. The lowest BCUT2D eigenvalue weighted by Gasteiger charge is -2.28. The molecule has 1 aliphatic rings. The molecule has 1 heterocycles. The maximum Gasteiger partial charge on any atom is 0.338 e. The van der Waals surface area contributed by atoms with Gasteiger partial charge in [0.25, 0.3) is 0 Å². The van der Waals surface area contributed by atoms with Crippen molar-refractivity contribution in [2.24, 2.45) is 0 Å². The first kappa shape index (κ1) is 19.0. The summed E-state index contributed by atoms with van der Waals surface area (Å²) >= 11 is 0. The number of carbonyl (C=O) groups is 1. The van der Waals surface area contributed by atoms with Gasteiger partial charge in [-0.3, -0.25) is 0 Å². The van der Waals surface area contributed by atoms with Crippen LogP contribution in [0.15, 0.2) is 24.3 Å². The molecule has 3 heteroatoms. The van der Waals surface area contributed by atoms with Gasteiger partial charge in [0.2, 0.25) is 0 Å². The van der Waals surface area contributed by atoms with Gasteiger partial charge in [0, 0.05) is 13.1 Å². The van der Waals surface area contributed by atoms with Gasteiger partial charge in [-0.05, 0) is 50.4 Å². The van der Waals surface area contributed by atoms with Gasteiger partial charge in [0.1, 0.15) is 6.10 Å². The van der Waals surface area contributed by atoms with E-state index >= 15 is 0 Å². The molecule has 0 amide bonds. The summed E-state index contributed by atoms with van der Waals surface area (Å²) in [6, 6.07) is 8.00. The molecule has 0 saturated carbocycles. The molecule has 24 heavy (non-hydrogen) atoms. The average molecular weight is 332 g/mol. The molecule has 1 aliphatic heterocycles. The Hall–Kier alpha value is -1.35. The maximum absolute atomic E-state index is 12.2. The Morgan fingerprint density at radius 1 is 1.04 bits per heavy atom. The smallest absolute Gasteiger partial charge is 0.338 e. The number of likely N-dealkylation sites (tertiary alicyclic amines) is 1. The first-order chi connectivity index (χ1) is 11.7. The van der Waals surface area contributed by atoms with E-state index in [1.165, 1.54) is 44.1 Å².